The van der Waals surface area contributed by atoms with Gasteiger partial charge in [-0.25, -0.2) is 0 Å². The van der Waals surface area contributed by atoms with E-state index in [0.717, 1.165) is 88.9 Å². The summed E-state index contributed by atoms with van der Waals surface area (Å²) in [6.45, 7) is 20.0. The van der Waals surface area contributed by atoms with Crippen LogP contribution in [0.4, 0.5) is 0 Å². The third-order valence-electron chi connectivity index (χ3n) is 17.1. The first-order valence-corrected chi connectivity index (χ1v) is 23.6. The molecular weight excluding hydrogens is 733 g/mol. The summed E-state index contributed by atoms with van der Waals surface area (Å²) in [4.78, 5) is 48.7. The quantitative estimate of drug-likeness (QED) is 0.169. The molecule has 0 spiro atoms. The molecule has 0 aromatic rings. The van der Waals surface area contributed by atoms with Gasteiger partial charge in [0.2, 0.25) is 0 Å². The van der Waals surface area contributed by atoms with Crippen LogP contribution < -0.4 is 0 Å². The predicted molar refractivity (Wildman–Crippen MR) is 223 cm³/mol. The maximum atomic E-state index is 12.5. The van der Waals surface area contributed by atoms with Gasteiger partial charge in [-0.2, -0.15) is 0 Å². The molecule has 0 aromatic heterocycles. The van der Waals surface area contributed by atoms with Crippen LogP contribution in [-0.2, 0) is 38.1 Å². The molecule has 0 aromatic carbocycles. The van der Waals surface area contributed by atoms with Crippen LogP contribution in [0, 0.1) is 51.8 Å². The number of esters is 4. The van der Waals surface area contributed by atoms with Crippen LogP contribution in [0.2, 0.25) is 0 Å². The van der Waals surface area contributed by atoms with E-state index >= 15 is 0 Å². The zero-order chi connectivity index (χ0) is 42.5. The molecule has 1 aliphatic heterocycles. The molecule has 10 fully saturated rings. The summed E-state index contributed by atoms with van der Waals surface area (Å²) >= 11 is 0. The second-order valence-electron chi connectivity index (χ2n) is 22.9. The van der Waals surface area contributed by atoms with Crippen molar-refractivity contribution in [3.05, 3.63) is 0 Å². The second-order valence-corrected chi connectivity index (χ2v) is 22.9. The first-order chi connectivity index (χ1) is 27.0. The summed E-state index contributed by atoms with van der Waals surface area (Å²) < 4.78 is 23.5. The summed E-state index contributed by atoms with van der Waals surface area (Å²) in [6.07, 6.45) is 20.4. The fourth-order valence-corrected chi connectivity index (χ4v) is 12.5. The maximum absolute atomic E-state index is 12.5. The average Bonchev–Trinajstić information content (AvgIpc) is 3.60. The van der Waals surface area contributed by atoms with Crippen LogP contribution in [0.5, 0.6) is 0 Å². The van der Waals surface area contributed by atoms with Gasteiger partial charge in [-0.05, 0) is 200 Å². The third-order valence-corrected chi connectivity index (χ3v) is 17.1. The Bertz CT molecular complexity index is 1470. The SMILES string of the molecule is CCC(C)(C)C(=O)OC1(C)C2CC3CC(C2)CC1C3.CCC(C)(C)C(=O)OC1(C2CCC(=O)O2)CCCCC1.CCC(C)(C)C(=O)OC12CC3CC(CC(O)(C3)C1)C2. The third kappa shape index (κ3) is 9.34. The number of hydrogen-bond donors (Lipinski definition) is 1. The van der Waals surface area contributed by atoms with Gasteiger partial charge < -0.3 is 24.1 Å². The molecule has 1 N–H and O–H groups in total. The van der Waals surface area contributed by atoms with Gasteiger partial charge >= 0.3 is 23.9 Å². The smallest absolute Gasteiger partial charge is 0.312 e. The van der Waals surface area contributed by atoms with Gasteiger partial charge in [0.15, 0.2) is 0 Å². The lowest BCUT2D eigenvalue weighted by Crippen LogP contribution is -2.61. The minimum absolute atomic E-state index is 0.0185. The van der Waals surface area contributed by atoms with Crippen molar-refractivity contribution in [2.24, 2.45) is 51.8 Å². The van der Waals surface area contributed by atoms with E-state index in [9.17, 15) is 24.3 Å². The molecule has 9 nitrogen and oxygen atoms in total. The molecule has 9 aliphatic carbocycles. The molecule has 10 rings (SSSR count). The van der Waals surface area contributed by atoms with E-state index < -0.39 is 22.0 Å². The zero-order valence-electron chi connectivity index (χ0n) is 38.1. The van der Waals surface area contributed by atoms with Gasteiger partial charge in [0.05, 0.1) is 21.8 Å². The van der Waals surface area contributed by atoms with Crippen LogP contribution in [0.25, 0.3) is 0 Å². The highest BCUT2D eigenvalue weighted by atomic mass is 16.6. The monoisotopic (exact) mass is 813 g/mol. The number of carbonyl (C=O) groups is 4. The molecule has 8 bridgehead atoms. The minimum atomic E-state index is -0.575. The number of aliphatic hydroxyl groups is 1. The lowest BCUT2D eigenvalue weighted by Gasteiger charge is -2.59. The number of ether oxygens (including phenoxy) is 4. The Morgan fingerprint density at radius 1 is 0.655 bits per heavy atom. The van der Waals surface area contributed by atoms with Crippen molar-refractivity contribution in [1.29, 1.82) is 0 Å². The molecule has 3 atom stereocenters. The summed E-state index contributed by atoms with van der Waals surface area (Å²) in [5, 5.41) is 10.6. The van der Waals surface area contributed by atoms with Crippen molar-refractivity contribution in [2.45, 2.75) is 233 Å². The highest BCUT2D eigenvalue weighted by molar-refractivity contribution is 5.77. The van der Waals surface area contributed by atoms with Crippen molar-refractivity contribution in [2.75, 3.05) is 0 Å². The largest absolute Gasteiger partial charge is 0.459 e. The van der Waals surface area contributed by atoms with Crippen LogP contribution in [-0.4, -0.2) is 57.5 Å². The molecule has 0 radical (unpaired) electrons. The van der Waals surface area contributed by atoms with E-state index in [0.29, 0.717) is 42.9 Å². The molecule has 1 heterocycles. The average molecular weight is 813 g/mol. The number of hydrogen-bond acceptors (Lipinski definition) is 9. The van der Waals surface area contributed by atoms with Crippen molar-refractivity contribution < 1.29 is 43.2 Å². The van der Waals surface area contributed by atoms with Gasteiger partial charge in [0.1, 0.15) is 22.9 Å². The summed E-state index contributed by atoms with van der Waals surface area (Å²) in [5.74, 6) is 3.83. The molecule has 0 amide bonds. The Kier molecular flexibility index (Phi) is 13.0. The number of carbonyl (C=O) groups excluding carboxylic acids is 4. The lowest BCUT2D eigenvalue weighted by atomic mass is 9.50. The number of cyclic esters (lactones) is 1. The van der Waals surface area contributed by atoms with Crippen molar-refractivity contribution in [3.63, 3.8) is 0 Å². The standard InChI is InChI=1S/C17H28O2.C16H26O4.C16H26O3/c1-5-16(2,3)15(18)19-17(4)13-7-11-6-12(9-13)10-14(17)8-11;1-4-15(2,3)14(18)20-16(10-6-5-7-11-16)12-8-9-13(17)19-12;1-4-14(2,3)13(17)19-16-8-11-5-12(9-16)7-15(18,6-11)10-16/h11-14H,5-10H2,1-4H3;12H,4-11H2,1-3H3;11-12,18H,4-10H2,1-3H3. The molecule has 10 aliphatic rings. The zero-order valence-corrected chi connectivity index (χ0v) is 38.1. The van der Waals surface area contributed by atoms with Gasteiger partial charge in [-0.15, -0.1) is 0 Å². The van der Waals surface area contributed by atoms with Crippen LogP contribution in [0.1, 0.15) is 204 Å². The first kappa shape index (κ1) is 45.4. The van der Waals surface area contributed by atoms with Gasteiger partial charge in [0.25, 0.3) is 0 Å². The summed E-state index contributed by atoms with van der Waals surface area (Å²) in [7, 11) is 0. The fraction of sp³-hybridized carbons (Fsp3) is 0.918. The van der Waals surface area contributed by atoms with E-state index in [2.05, 4.69) is 13.8 Å². The minimum Gasteiger partial charge on any atom is -0.459 e. The molecule has 58 heavy (non-hydrogen) atoms. The second kappa shape index (κ2) is 16.6. The topological polar surface area (TPSA) is 125 Å². The maximum Gasteiger partial charge on any atom is 0.312 e. The summed E-state index contributed by atoms with van der Waals surface area (Å²) in [5.41, 5.74) is -2.88. The molecule has 330 valence electrons. The van der Waals surface area contributed by atoms with E-state index in [1.54, 1.807) is 0 Å². The Balaban J connectivity index is 0.000000147. The Morgan fingerprint density at radius 3 is 1.53 bits per heavy atom. The van der Waals surface area contributed by atoms with E-state index in [-0.39, 0.29) is 46.6 Å². The highest BCUT2D eigenvalue weighted by Gasteiger charge is 2.60. The lowest BCUT2D eigenvalue weighted by molar-refractivity contribution is -0.225. The predicted octanol–water partition coefficient (Wildman–Crippen LogP) is 10.6. The highest BCUT2D eigenvalue weighted by Crippen LogP contribution is 2.61. The van der Waals surface area contributed by atoms with Gasteiger partial charge in [-0.3, -0.25) is 19.2 Å². The first-order valence-electron chi connectivity index (χ1n) is 23.6. The Labute approximate surface area is 350 Å². The molecule has 1 saturated heterocycles. The molecule has 3 unspecified atom stereocenters. The van der Waals surface area contributed by atoms with Gasteiger partial charge in [0, 0.05) is 12.8 Å². The van der Waals surface area contributed by atoms with Crippen LogP contribution in [0.3, 0.4) is 0 Å². The van der Waals surface area contributed by atoms with E-state index in [1.807, 2.05) is 55.4 Å². The normalized spacial score (nSPS) is 38.1. The molecule has 9 saturated carbocycles. The van der Waals surface area contributed by atoms with Crippen molar-refractivity contribution in [1.82, 2.24) is 0 Å². The molecule has 9 heteroatoms. The van der Waals surface area contributed by atoms with Crippen LogP contribution in [0.15, 0.2) is 0 Å². The Hall–Kier alpha value is -2.16. The fourth-order valence-electron chi connectivity index (χ4n) is 12.5. The number of rotatable bonds is 10. The van der Waals surface area contributed by atoms with Crippen molar-refractivity contribution in [3.8, 4) is 0 Å². The van der Waals surface area contributed by atoms with Crippen LogP contribution >= 0.6 is 0 Å². The van der Waals surface area contributed by atoms with E-state index in [4.69, 9.17) is 18.9 Å². The van der Waals surface area contributed by atoms with E-state index in [1.165, 1.54) is 38.5 Å². The molecular formula is C49H80O9. The van der Waals surface area contributed by atoms with Crippen molar-refractivity contribution >= 4 is 23.9 Å². The van der Waals surface area contributed by atoms with Gasteiger partial charge in [-0.1, -0.05) is 27.2 Å². The Morgan fingerprint density at radius 2 is 1.10 bits per heavy atom. The summed E-state index contributed by atoms with van der Waals surface area (Å²) in [6, 6.07) is 0.